The fourth-order valence-electron chi connectivity index (χ4n) is 5.20. The number of ether oxygens (including phenoxy) is 2. The summed E-state index contributed by atoms with van der Waals surface area (Å²) in [4.78, 5) is 24.7. The van der Waals surface area contributed by atoms with Crippen molar-refractivity contribution < 1.29 is 40.8 Å². The third-order valence-corrected chi connectivity index (χ3v) is 6.68. The lowest BCUT2D eigenvalue weighted by Crippen LogP contribution is -2.60. The first-order chi connectivity index (χ1) is 12.3. The highest BCUT2D eigenvalue weighted by atomic mass is 32.2. The zero-order chi connectivity index (χ0) is 20.3. The smallest absolute Gasteiger partial charge is 0.367 e. The van der Waals surface area contributed by atoms with Crippen molar-refractivity contribution in [3.05, 3.63) is 12.2 Å². The van der Waals surface area contributed by atoms with Crippen molar-refractivity contribution in [3.63, 3.8) is 0 Å². The van der Waals surface area contributed by atoms with E-state index in [0.29, 0.717) is 25.7 Å². The Bertz CT molecular complexity index is 775. The highest BCUT2D eigenvalue weighted by Gasteiger charge is 2.63. The molecule has 4 aliphatic carbocycles. The molecule has 27 heavy (non-hydrogen) atoms. The molecule has 0 heterocycles. The Labute approximate surface area is 155 Å². The zero-order valence-electron chi connectivity index (χ0n) is 14.8. The predicted molar refractivity (Wildman–Crippen MR) is 86.4 cm³/mol. The molecule has 4 rings (SSSR count). The number of carbonyl (C=O) groups excluding carboxylic acids is 2. The van der Waals surface area contributed by atoms with Crippen molar-refractivity contribution in [2.75, 3.05) is 6.61 Å². The van der Waals surface area contributed by atoms with Crippen LogP contribution in [0.25, 0.3) is 0 Å². The van der Waals surface area contributed by atoms with E-state index >= 15 is 0 Å². The Kier molecular flexibility index (Phi) is 4.66. The van der Waals surface area contributed by atoms with E-state index in [1.165, 1.54) is 6.92 Å². The molecule has 2 atom stereocenters. The maximum atomic E-state index is 13.3. The summed E-state index contributed by atoms with van der Waals surface area (Å²) >= 11 is 0. The van der Waals surface area contributed by atoms with Crippen molar-refractivity contribution in [2.45, 2.75) is 56.3 Å². The third kappa shape index (κ3) is 3.61. The molecule has 4 saturated carbocycles. The summed E-state index contributed by atoms with van der Waals surface area (Å²) in [5.74, 6) is -1.36. The minimum atomic E-state index is -5.93. The van der Waals surface area contributed by atoms with Crippen LogP contribution in [0, 0.1) is 17.3 Å². The second kappa shape index (κ2) is 6.23. The quantitative estimate of drug-likeness (QED) is 0.377. The summed E-state index contributed by atoms with van der Waals surface area (Å²) in [5, 5.41) is -4.69. The topological polar surface area (TPSA) is 110 Å². The summed E-state index contributed by atoms with van der Waals surface area (Å²) in [5.41, 5.74) is -1.75. The third-order valence-electron chi connectivity index (χ3n) is 5.84. The first kappa shape index (κ1) is 20.2. The first-order valence-electron chi connectivity index (χ1n) is 8.67. The molecule has 4 fully saturated rings. The fraction of sp³-hybridized carbons (Fsp3) is 0.765. The normalized spacial score (nSPS) is 35.0. The molecule has 7 nitrogen and oxygen atoms in total. The molecule has 2 unspecified atom stereocenters. The van der Waals surface area contributed by atoms with Crippen LogP contribution in [-0.2, 0) is 29.2 Å². The number of esters is 2. The second-order valence-electron chi connectivity index (χ2n) is 8.26. The van der Waals surface area contributed by atoms with E-state index in [1.807, 2.05) is 0 Å². The standard InChI is InChI=1S/C17H22F2O7S/c1-10(2)13(20)26-16-6-11-3-12(7-16)5-15(4-11,8-16)14(21)25-9-17(18,19)27(22,23)24/h11-12H,1,3-9H2,2H3,(H,22,23,24)/p-1. The molecule has 152 valence electrons. The average Bonchev–Trinajstić information content (AvgIpc) is 2.49. The van der Waals surface area contributed by atoms with Gasteiger partial charge in [-0.3, -0.25) is 4.79 Å². The minimum absolute atomic E-state index is 0.0838. The molecule has 0 saturated heterocycles. The van der Waals surface area contributed by atoms with E-state index in [4.69, 9.17) is 4.74 Å². The van der Waals surface area contributed by atoms with Gasteiger partial charge in [-0.25, -0.2) is 13.2 Å². The van der Waals surface area contributed by atoms with Gasteiger partial charge >= 0.3 is 17.2 Å². The van der Waals surface area contributed by atoms with Crippen molar-refractivity contribution in [1.82, 2.24) is 0 Å². The van der Waals surface area contributed by atoms with Gasteiger partial charge in [0.05, 0.1) is 5.41 Å². The second-order valence-corrected chi connectivity index (χ2v) is 9.77. The summed E-state index contributed by atoms with van der Waals surface area (Å²) in [6.45, 7) is 3.25. The molecule has 10 heteroatoms. The summed E-state index contributed by atoms with van der Waals surface area (Å²) in [6.07, 6.45) is 2.98. The molecular weight excluding hydrogens is 386 g/mol. The minimum Gasteiger partial charge on any atom is -0.743 e. The molecule has 0 spiro atoms. The molecule has 4 aliphatic rings. The van der Waals surface area contributed by atoms with Crippen LogP contribution in [0.3, 0.4) is 0 Å². The van der Waals surface area contributed by atoms with E-state index in [2.05, 4.69) is 11.3 Å². The van der Waals surface area contributed by atoms with Crippen molar-refractivity contribution in [3.8, 4) is 0 Å². The number of hydrogen-bond acceptors (Lipinski definition) is 7. The van der Waals surface area contributed by atoms with E-state index in [0.717, 1.165) is 6.42 Å². The molecule has 0 aliphatic heterocycles. The number of hydrogen-bond donors (Lipinski definition) is 0. The maximum absolute atomic E-state index is 13.3. The number of alkyl halides is 2. The van der Waals surface area contributed by atoms with Crippen LogP contribution in [0.1, 0.15) is 45.4 Å². The van der Waals surface area contributed by atoms with E-state index in [-0.39, 0.29) is 23.8 Å². The van der Waals surface area contributed by atoms with Crippen LogP contribution in [-0.4, -0.2) is 42.4 Å². The summed E-state index contributed by atoms with van der Waals surface area (Å²) in [6, 6.07) is 0. The molecule has 0 radical (unpaired) electrons. The van der Waals surface area contributed by atoms with Crippen LogP contribution >= 0.6 is 0 Å². The lowest BCUT2D eigenvalue weighted by atomic mass is 9.48. The van der Waals surface area contributed by atoms with Gasteiger partial charge in [0, 0.05) is 12.0 Å². The van der Waals surface area contributed by atoms with Gasteiger partial charge in [-0.2, -0.15) is 8.78 Å². The highest BCUT2D eigenvalue weighted by Crippen LogP contribution is 2.63. The van der Waals surface area contributed by atoms with E-state index < -0.39 is 44.9 Å². The molecule has 0 amide bonds. The van der Waals surface area contributed by atoms with Gasteiger partial charge in [0.1, 0.15) is 5.60 Å². The Morgan fingerprint density at radius 2 is 1.78 bits per heavy atom. The summed E-state index contributed by atoms with van der Waals surface area (Å²) in [7, 11) is -5.93. The predicted octanol–water partition coefficient (Wildman–Crippen LogP) is 2.13. The molecular formula is C17H21F2O7S-. The fourth-order valence-corrected chi connectivity index (χ4v) is 5.40. The van der Waals surface area contributed by atoms with Gasteiger partial charge in [0.2, 0.25) is 0 Å². The van der Waals surface area contributed by atoms with Gasteiger partial charge in [0.15, 0.2) is 16.7 Å². The Balaban J connectivity index is 1.78. The van der Waals surface area contributed by atoms with Gasteiger partial charge in [-0.1, -0.05) is 6.58 Å². The van der Waals surface area contributed by atoms with Crippen molar-refractivity contribution in [1.29, 1.82) is 0 Å². The van der Waals surface area contributed by atoms with E-state index in [9.17, 15) is 31.3 Å². The van der Waals surface area contributed by atoms with Crippen LogP contribution < -0.4 is 0 Å². The largest absolute Gasteiger partial charge is 0.743 e. The monoisotopic (exact) mass is 407 g/mol. The summed E-state index contributed by atoms with van der Waals surface area (Å²) < 4.78 is 68.7. The van der Waals surface area contributed by atoms with Crippen LogP contribution in [0.2, 0.25) is 0 Å². The van der Waals surface area contributed by atoms with Crippen LogP contribution in [0.15, 0.2) is 12.2 Å². The van der Waals surface area contributed by atoms with Crippen molar-refractivity contribution >= 4 is 22.1 Å². The van der Waals surface area contributed by atoms with E-state index in [1.54, 1.807) is 0 Å². The average molecular weight is 407 g/mol. The maximum Gasteiger partial charge on any atom is 0.367 e. The number of halogens is 2. The van der Waals surface area contributed by atoms with Gasteiger partial charge in [-0.05, 0) is 50.9 Å². The molecule has 4 bridgehead atoms. The lowest BCUT2D eigenvalue weighted by Gasteiger charge is -2.59. The molecule has 0 aromatic heterocycles. The highest BCUT2D eigenvalue weighted by molar-refractivity contribution is 7.86. The SMILES string of the molecule is C=C(C)C(=O)OC12CC3CC(C1)CC(C(=O)OCC(F)(F)S(=O)(=O)[O-])(C3)C2. The molecule has 0 aromatic carbocycles. The molecule has 0 N–H and O–H groups in total. The number of carbonyl (C=O) groups is 2. The van der Waals surface area contributed by atoms with Gasteiger partial charge in [-0.15, -0.1) is 0 Å². The van der Waals surface area contributed by atoms with Gasteiger partial charge in [0.25, 0.3) is 0 Å². The Morgan fingerprint density at radius 1 is 1.22 bits per heavy atom. The van der Waals surface area contributed by atoms with Crippen molar-refractivity contribution in [2.24, 2.45) is 17.3 Å². The van der Waals surface area contributed by atoms with Gasteiger partial charge < -0.3 is 14.0 Å². The Morgan fingerprint density at radius 3 is 2.26 bits per heavy atom. The number of rotatable bonds is 6. The Hall–Kier alpha value is -1.55. The lowest BCUT2D eigenvalue weighted by molar-refractivity contribution is -0.212. The van der Waals surface area contributed by atoms with Crippen LogP contribution in [0.4, 0.5) is 8.78 Å². The first-order valence-corrected chi connectivity index (χ1v) is 10.1. The zero-order valence-corrected chi connectivity index (χ0v) is 15.6. The molecule has 0 aromatic rings. The van der Waals surface area contributed by atoms with Crippen LogP contribution in [0.5, 0.6) is 0 Å².